The fourth-order valence-corrected chi connectivity index (χ4v) is 3.58. The molecule has 21 heavy (non-hydrogen) atoms. The molecular formula is C12H15IN2O5S. The fraction of sp³-hybridized carbons (Fsp3) is 0.500. The number of aliphatic carboxylic acids is 1. The Morgan fingerprint density at radius 2 is 2.14 bits per heavy atom. The van der Waals surface area contributed by atoms with Crippen molar-refractivity contribution in [2.24, 2.45) is 0 Å². The summed E-state index contributed by atoms with van der Waals surface area (Å²) in [7, 11) is -3.78. The van der Waals surface area contributed by atoms with E-state index >= 15 is 0 Å². The van der Waals surface area contributed by atoms with Crippen LogP contribution in [0.25, 0.3) is 0 Å². The first-order valence-electron chi connectivity index (χ1n) is 6.15. The van der Waals surface area contributed by atoms with Crippen LogP contribution in [0.4, 0.5) is 4.79 Å². The first-order chi connectivity index (χ1) is 9.56. The molecule has 0 aliphatic carbocycles. The van der Waals surface area contributed by atoms with E-state index in [1.165, 1.54) is 16.4 Å². The van der Waals surface area contributed by atoms with Crippen molar-refractivity contribution < 1.29 is 23.1 Å². The van der Waals surface area contributed by atoms with Gasteiger partial charge >= 0.3 is 12.0 Å². The molecule has 116 valence electrons. The molecule has 2 heterocycles. The number of carbonyl (C=O) groups excluding carboxylic acids is 1. The van der Waals surface area contributed by atoms with Crippen LogP contribution in [-0.4, -0.2) is 52.5 Å². The number of hydrogen-bond acceptors (Lipinski definition) is 4. The van der Waals surface area contributed by atoms with Crippen LogP contribution >= 0.6 is 22.6 Å². The summed E-state index contributed by atoms with van der Waals surface area (Å²) in [6.45, 7) is 1.61. The van der Waals surface area contributed by atoms with Crippen molar-refractivity contribution in [3.8, 4) is 0 Å². The van der Waals surface area contributed by atoms with Crippen LogP contribution in [0.1, 0.15) is 19.0 Å². The molecule has 0 saturated carbocycles. The maximum absolute atomic E-state index is 12.1. The van der Waals surface area contributed by atoms with E-state index in [1.54, 1.807) is 6.20 Å². The summed E-state index contributed by atoms with van der Waals surface area (Å²) < 4.78 is 24.0. The second-order valence-electron chi connectivity index (χ2n) is 5.28. The number of carboxylic acids is 1. The van der Waals surface area contributed by atoms with Crippen molar-refractivity contribution in [3.05, 3.63) is 21.5 Å². The number of aromatic nitrogens is 1. The van der Waals surface area contributed by atoms with Crippen LogP contribution in [0.15, 0.2) is 12.3 Å². The van der Waals surface area contributed by atoms with Crippen LogP contribution in [0.5, 0.6) is 0 Å². The van der Waals surface area contributed by atoms with Gasteiger partial charge in [-0.05, 0) is 42.0 Å². The summed E-state index contributed by atoms with van der Waals surface area (Å²) in [5.41, 5.74) is 0.820. The Balaban J connectivity index is 2.13. The van der Waals surface area contributed by atoms with Gasteiger partial charge in [-0.2, -0.15) is 0 Å². The summed E-state index contributed by atoms with van der Waals surface area (Å²) in [6, 6.07) is 1.61. The van der Waals surface area contributed by atoms with E-state index in [0.717, 1.165) is 15.5 Å². The maximum Gasteiger partial charge on any atom is 0.328 e. The number of carbonyl (C=O) groups is 2. The zero-order valence-electron chi connectivity index (χ0n) is 11.5. The number of hydrogen-bond donors (Lipinski definition) is 1. The molecule has 0 radical (unpaired) electrons. The lowest BCUT2D eigenvalue weighted by atomic mass is 10.1. The van der Waals surface area contributed by atoms with Crippen LogP contribution in [0, 0.1) is 3.57 Å². The molecule has 0 fully saturated rings. The highest BCUT2D eigenvalue weighted by Crippen LogP contribution is 2.25. The molecule has 1 aliphatic heterocycles. The minimum atomic E-state index is -3.78. The minimum Gasteiger partial charge on any atom is -0.480 e. The normalized spacial score (nSPS) is 17.7. The summed E-state index contributed by atoms with van der Waals surface area (Å²) in [5, 5.41) is 9.19. The largest absolute Gasteiger partial charge is 0.480 e. The predicted octanol–water partition coefficient (Wildman–Crippen LogP) is 1.15. The monoisotopic (exact) mass is 426 g/mol. The lowest BCUT2D eigenvalue weighted by molar-refractivity contribution is -0.139. The topological polar surface area (TPSA) is 96.7 Å². The molecule has 1 aromatic rings. The van der Waals surface area contributed by atoms with Crippen LogP contribution in [-0.2, 0) is 21.2 Å². The van der Waals surface area contributed by atoms with Gasteiger partial charge in [0.1, 0.15) is 0 Å². The highest BCUT2D eigenvalue weighted by molar-refractivity contribution is 14.1. The van der Waals surface area contributed by atoms with E-state index in [-0.39, 0.29) is 19.0 Å². The third kappa shape index (κ3) is 2.80. The second-order valence-corrected chi connectivity index (χ2v) is 8.97. The van der Waals surface area contributed by atoms with Gasteiger partial charge in [0.15, 0.2) is 14.6 Å². The second kappa shape index (κ2) is 5.27. The van der Waals surface area contributed by atoms with Gasteiger partial charge in [0.05, 0.1) is 6.54 Å². The van der Waals surface area contributed by atoms with E-state index < -0.39 is 20.6 Å². The summed E-state index contributed by atoms with van der Waals surface area (Å²) in [6.07, 6.45) is 2.46. The van der Waals surface area contributed by atoms with Crippen molar-refractivity contribution in [1.29, 1.82) is 0 Å². The lowest BCUT2D eigenvalue weighted by Gasteiger charge is -2.25. The molecule has 1 atom stereocenters. The molecule has 1 N–H and O–H groups in total. The van der Waals surface area contributed by atoms with E-state index in [9.17, 15) is 23.1 Å². The number of rotatable bonds is 5. The smallest absolute Gasteiger partial charge is 0.328 e. The molecule has 1 aliphatic rings. The third-order valence-electron chi connectivity index (χ3n) is 3.83. The first-order valence-corrected chi connectivity index (χ1v) is 9.12. The highest BCUT2D eigenvalue weighted by Gasteiger charge is 2.44. The highest BCUT2D eigenvalue weighted by atomic mass is 127. The predicted molar refractivity (Wildman–Crippen MR) is 83.9 cm³/mol. The SMILES string of the molecule is CC(CCN1Cc2cc(I)cn2C1=O)(C(=O)O)S(C)(=O)=O. The molecule has 0 bridgehead atoms. The number of halogens is 1. The van der Waals surface area contributed by atoms with Gasteiger partial charge in [-0.1, -0.05) is 0 Å². The van der Waals surface area contributed by atoms with Gasteiger partial charge in [0, 0.05) is 28.3 Å². The molecule has 2 rings (SSSR count). The Bertz CT molecular complexity index is 711. The Morgan fingerprint density at radius 3 is 2.62 bits per heavy atom. The maximum atomic E-state index is 12.1. The van der Waals surface area contributed by atoms with Gasteiger partial charge in [0.25, 0.3) is 0 Å². The van der Waals surface area contributed by atoms with E-state index in [1.807, 2.05) is 6.07 Å². The quantitative estimate of drug-likeness (QED) is 0.713. The zero-order chi connectivity index (χ0) is 16.0. The third-order valence-corrected chi connectivity index (χ3v) is 6.43. The lowest BCUT2D eigenvalue weighted by Crippen LogP contribution is -2.45. The van der Waals surface area contributed by atoms with Crippen LogP contribution in [0.3, 0.4) is 0 Å². The number of carboxylic acid groups (broad SMARTS) is 1. The number of sulfone groups is 1. The van der Waals surface area contributed by atoms with Gasteiger partial charge in [0.2, 0.25) is 0 Å². The molecule has 7 nitrogen and oxygen atoms in total. The first kappa shape index (κ1) is 16.3. The van der Waals surface area contributed by atoms with Gasteiger partial charge in [-0.3, -0.25) is 9.36 Å². The molecular weight excluding hydrogens is 411 g/mol. The zero-order valence-corrected chi connectivity index (χ0v) is 14.5. The summed E-state index contributed by atoms with van der Waals surface area (Å²) in [4.78, 5) is 24.9. The number of fused-ring (bicyclic) bond motifs is 1. The average molecular weight is 426 g/mol. The number of amides is 1. The molecule has 1 amide bonds. The van der Waals surface area contributed by atoms with Crippen molar-refractivity contribution >= 4 is 44.4 Å². The van der Waals surface area contributed by atoms with Crippen molar-refractivity contribution in [2.75, 3.05) is 12.8 Å². The summed E-state index contributed by atoms with van der Waals surface area (Å²) >= 11 is 2.11. The fourth-order valence-electron chi connectivity index (χ4n) is 2.16. The summed E-state index contributed by atoms with van der Waals surface area (Å²) in [5.74, 6) is -1.40. The molecule has 1 aromatic heterocycles. The van der Waals surface area contributed by atoms with Gasteiger partial charge < -0.3 is 10.0 Å². The van der Waals surface area contributed by atoms with E-state index in [0.29, 0.717) is 6.54 Å². The van der Waals surface area contributed by atoms with Gasteiger partial charge in [-0.25, -0.2) is 13.2 Å². The molecule has 9 heteroatoms. The Morgan fingerprint density at radius 1 is 1.52 bits per heavy atom. The average Bonchev–Trinajstić information content (AvgIpc) is 2.83. The van der Waals surface area contributed by atoms with Crippen LogP contribution < -0.4 is 0 Å². The van der Waals surface area contributed by atoms with E-state index in [4.69, 9.17) is 0 Å². The minimum absolute atomic E-state index is 0.0764. The van der Waals surface area contributed by atoms with Gasteiger partial charge in [-0.15, -0.1) is 0 Å². The van der Waals surface area contributed by atoms with Crippen molar-refractivity contribution in [2.45, 2.75) is 24.6 Å². The van der Waals surface area contributed by atoms with Crippen molar-refractivity contribution in [3.63, 3.8) is 0 Å². The molecule has 0 aromatic carbocycles. The standard InChI is InChI=1S/C12H15IN2O5S/c1-12(10(16)17,21(2,19)20)3-4-14-7-9-5-8(13)6-15(9)11(14)18/h5-6H,3-4,7H2,1-2H3,(H,16,17). The van der Waals surface area contributed by atoms with E-state index in [2.05, 4.69) is 22.6 Å². The Labute approximate surface area is 136 Å². The Kier molecular flexibility index (Phi) is 4.08. The molecule has 0 saturated heterocycles. The van der Waals surface area contributed by atoms with Crippen LogP contribution in [0.2, 0.25) is 0 Å². The van der Waals surface area contributed by atoms with Crippen molar-refractivity contribution in [1.82, 2.24) is 9.47 Å². The molecule has 0 spiro atoms. The number of nitrogens with zero attached hydrogens (tertiary/aromatic N) is 2. The Hall–Kier alpha value is -1.10. The molecule has 1 unspecified atom stereocenters.